The lowest BCUT2D eigenvalue weighted by atomic mass is 10.1. The second-order valence-corrected chi connectivity index (χ2v) is 6.41. The van der Waals surface area contributed by atoms with Gasteiger partial charge >= 0.3 is 0 Å². The zero-order valence-corrected chi connectivity index (χ0v) is 14.6. The molecular formula is C18H18N6O2. The van der Waals surface area contributed by atoms with Crippen LogP contribution in [0.1, 0.15) is 27.2 Å². The topological polar surface area (TPSA) is 124 Å². The number of anilines is 1. The molecule has 0 unspecified atom stereocenters. The number of pyridine rings is 1. The van der Waals surface area contributed by atoms with Crippen molar-refractivity contribution in [1.29, 1.82) is 0 Å². The number of phenols is 1. The first-order chi connectivity index (χ1) is 12.3. The summed E-state index contributed by atoms with van der Waals surface area (Å²) in [4.78, 5) is 12.1. The van der Waals surface area contributed by atoms with Gasteiger partial charge in [-0.1, -0.05) is 6.07 Å². The highest BCUT2D eigenvalue weighted by molar-refractivity contribution is 6.14. The Morgan fingerprint density at radius 2 is 1.96 bits per heavy atom. The molecule has 4 rings (SSSR count). The van der Waals surface area contributed by atoms with Gasteiger partial charge in [0.05, 0.1) is 11.3 Å². The van der Waals surface area contributed by atoms with E-state index in [0.29, 0.717) is 27.8 Å². The monoisotopic (exact) mass is 350 g/mol. The molecule has 3 aromatic heterocycles. The Morgan fingerprint density at radius 3 is 2.65 bits per heavy atom. The molecule has 0 fully saturated rings. The predicted molar refractivity (Wildman–Crippen MR) is 98.6 cm³/mol. The highest BCUT2D eigenvalue weighted by atomic mass is 16.3. The summed E-state index contributed by atoms with van der Waals surface area (Å²) in [5.74, 6) is -0.276. The number of amides is 1. The predicted octanol–water partition coefficient (Wildman–Crippen LogP) is 1.99. The van der Waals surface area contributed by atoms with Crippen molar-refractivity contribution in [1.82, 2.24) is 19.2 Å². The van der Waals surface area contributed by atoms with Gasteiger partial charge in [-0.05, 0) is 38.5 Å². The van der Waals surface area contributed by atoms with Crippen LogP contribution in [0.25, 0.3) is 22.2 Å². The third kappa shape index (κ3) is 1.92. The molecule has 0 aliphatic heterocycles. The van der Waals surface area contributed by atoms with Crippen LogP contribution in [0.5, 0.6) is 5.75 Å². The normalized spacial score (nSPS) is 11.5. The molecule has 0 atom stereocenters. The molecule has 0 radical (unpaired) electrons. The van der Waals surface area contributed by atoms with Crippen LogP contribution in [-0.2, 0) is 0 Å². The molecule has 0 spiro atoms. The molecule has 8 nitrogen and oxygen atoms in total. The number of aromatic hydroxyl groups is 1. The second kappa shape index (κ2) is 5.22. The van der Waals surface area contributed by atoms with E-state index in [4.69, 9.17) is 11.5 Å². The van der Waals surface area contributed by atoms with Crippen molar-refractivity contribution in [2.75, 3.05) is 5.73 Å². The van der Waals surface area contributed by atoms with Gasteiger partial charge in [0, 0.05) is 16.6 Å². The van der Waals surface area contributed by atoms with Crippen LogP contribution >= 0.6 is 0 Å². The van der Waals surface area contributed by atoms with Gasteiger partial charge < -0.3 is 16.6 Å². The van der Waals surface area contributed by atoms with Crippen LogP contribution in [0, 0.1) is 20.8 Å². The Hall–Kier alpha value is -3.55. The van der Waals surface area contributed by atoms with Crippen molar-refractivity contribution in [2.45, 2.75) is 20.8 Å². The summed E-state index contributed by atoms with van der Waals surface area (Å²) in [6.07, 6.45) is 1.60. The van der Waals surface area contributed by atoms with Gasteiger partial charge in [0.2, 0.25) is 0 Å². The number of nitrogens with zero attached hydrogens (tertiary/aromatic N) is 4. The molecule has 0 saturated heterocycles. The number of aromatic nitrogens is 4. The fraction of sp³-hybridized carbons (Fsp3) is 0.167. The highest BCUT2D eigenvalue weighted by Gasteiger charge is 2.25. The maximum atomic E-state index is 12.1. The lowest BCUT2D eigenvalue weighted by Crippen LogP contribution is -2.14. The van der Waals surface area contributed by atoms with Crippen LogP contribution < -0.4 is 11.5 Å². The molecule has 1 amide bonds. The van der Waals surface area contributed by atoms with Gasteiger partial charge in [0.15, 0.2) is 5.65 Å². The molecule has 26 heavy (non-hydrogen) atoms. The third-order valence-corrected chi connectivity index (χ3v) is 4.81. The number of nitrogens with two attached hydrogens (primary N) is 2. The molecule has 5 N–H and O–H groups in total. The average Bonchev–Trinajstić information content (AvgIpc) is 3.15. The number of hydrogen-bond donors (Lipinski definition) is 3. The van der Waals surface area contributed by atoms with Crippen molar-refractivity contribution < 1.29 is 9.90 Å². The van der Waals surface area contributed by atoms with Gasteiger partial charge in [-0.2, -0.15) is 0 Å². The van der Waals surface area contributed by atoms with Crippen molar-refractivity contribution in [3.63, 3.8) is 0 Å². The van der Waals surface area contributed by atoms with E-state index in [1.807, 2.05) is 24.3 Å². The van der Waals surface area contributed by atoms with Crippen LogP contribution in [-0.4, -0.2) is 30.2 Å². The fourth-order valence-electron chi connectivity index (χ4n) is 3.56. The second-order valence-electron chi connectivity index (χ2n) is 6.41. The molecular weight excluding hydrogens is 332 g/mol. The third-order valence-electron chi connectivity index (χ3n) is 4.81. The number of benzene rings is 1. The van der Waals surface area contributed by atoms with Crippen LogP contribution in [0.4, 0.5) is 5.82 Å². The molecule has 3 heterocycles. The highest BCUT2D eigenvalue weighted by Crippen LogP contribution is 2.37. The lowest BCUT2D eigenvalue weighted by molar-refractivity contribution is 0.100. The van der Waals surface area contributed by atoms with E-state index in [9.17, 15) is 9.90 Å². The first-order valence-electron chi connectivity index (χ1n) is 8.05. The number of hydrogen-bond acceptors (Lipinski definition) is 5. The first-order valence-corrected chi connectivity index (χ1v) is 8.05. The van der Waals surface area contributed by atoms with E-state index >= 15 is 0 Å². The maximum absolute atomic E-state index is 12.1. The van der Waals surface area contributed by atoms with E-state index in [2.05, 4.69) is 10.2 Å². The summed E-state index contributed by atoms with van der Waals surface area (Å²) in [6.45, 7) is 5.59. The lowest BCUT2D eigenvalue weighted by Gasteiger charge is -2.16. The number of primary amides is 1. The smallest absolute Gasteiger partial charge is 0.253 e. The Bertz CT molecular complexity index is 1220. The summed E-state index contributed by atoms with van der Waals surface area (Å²) in [5.41, 5.74) is 16.5. The molecule has 0 aliphatic carbocycles. The average molecular weight is 350 g/mol. The van der Waals surface area contributed by atoms with Crippen LogP contribution in [0.3, 0.4) is 0 Å². The van der Waals surface area contributed by atoms with E-state index in [0.717, 1.165) is 11.3 Å². The zero-order valence-electron chi connectivity index (χ0n) is 14.6. The Morgan fingerprint density at radius 1 is 1.23 bits per heavy atom. The number of rotatable bonds is 2. The minimum Gasteiger partial charge on any atom is -0.508 e. The van der Waals surface area contributed by atoms with Crippen molar-refractivity contribution in [3.8, 4) is 11.4 Å². The van der Waals surface area contributed by atoms with Gasteiger partial charge in [-0.3, -0.25) is 13.8 Å². The number of carbonyl (C=O) groups is 1. The molecule has 0 aliphatic rings. The summed E-state index contributed by atoms with van der Waals surface area (Å²) in [6, 6.07) is 5.26. The molecule has 0 saturated carbocycles. The number of nitrogen functional groups attached to an aromatic ring is 1. The van der Waals surface area contributed by atoms with Gasteiger partial charge in [-0.15, -0.1) is 10.2 Å². The van der Waals surface area contributed by atoms with Gasteiger partial charge in [0.1, 0.15) is 23.4 Å². The first kappa shape index (κ1) is 15.9. The fourth-order valence-corrected chi connectivity index (χ4v) is 3.56. The number of carbonyl (C=O) groups excluding carboxylic acids is 1. The molecule has 8 heteroatoms. The number of phenolic OH excluding ortho intramolecular Hbond substituents is 1. The SMILES string of the molecule is Cc1ccc(O)c(C)c1-n1c(N)c(C(N)=O)c2cc(C)n3cnnc3c21. The summed E-state index contributed by atoms with van der Waals surface area (Å²) in [5, 5.41) is 19.0. The Kier molecular flexibility index (Phi) is 3.20. The molecule has 0 bridgehead atoms. The Balaban J connectivity index is 2.31. The largest absolute Gasteiger partial charge is 0.508 e. The Labute approximate surface area is 148 Å². The van der Waals surface area contributed by atoms with Crippen molar-refractivity contribution >= 4 is 28.3 Å². The van der Waals surface area contributed by atoms with Crippen LogP contribution in [0.15, 0.2) is 24.5 Å². The standard InChI is InChI=1S/C18H18N6O2/c1-8-4-5-12(25)10(3)14(8)24-15-11(13(16(24)19)17(20)26)6-9(2)23-7-21-22-18(15)23/h4-7,25H,19H2,1-3H3,(H2,20,26). The zero-order chi connectivity index (χ0) is 18.7. The molecule has 1 aromatic carbocycles. The number of fused-ring (bicyclic) bond motifs is 3. The number of aryl methyl sites for hydroxylation is 2. The van der Waals surface area contributed by atoms with E-state index in [1.54, 1.807) is 30.0 Å². The van der Waals surface area contributed by atoms with E-state index in [-0.39, 0.29) is 17.1 Å². The van der Waals surface area contributed by atoms with Crippen LogP contribution in [0.2, 0.25) is 0 Å². The summed E-state index contributed by atoms with van der Waals surface area (Å²) >= 11 is 0. The van der Waals surface area contributed by atoms with Gasteiger partial charge in [-0.25, -0.2) is 0 Å². The van der Waals surface area contributed by atoms with Crippen molar-refractivity contribution in [3.05, 3.63) is 46.9 Å². The quantitative estimate of drug-likeness (QED) is 0.510. The minimum absolute atomic E-state index is 0.136. The van der Waals surface area contributed by atoms with Gasteiger partial charge in [0.25, 0.3) is 5.91 Å². The molecule has 132 valence electrons. The van der Waals surface area contributed by atoms with E-state index in [1.165, 1.54) is 0 Å². The summed E-state index contributed by atoms with van der Waals surface area (Å²) in [7, 11) is 0. The maximum Gasteiger partial charge on any atom is 0.253 e. The van der Waals surface area contributed by atoms with Crippen molar-refractivity contribution in [2.24, 2.45) is 5.73 Å². The summed E-state index contributed by atoms with van der Waals surface area (Å²) < 4.78 is 3.54. The minimum atomic E-state index is -0.620. The molecule has 4 aromatic rings. The van der Waals surface area contributed by atoms with E-state index < -0.39 is 5.91 Å².